The Morgan fingerprint density at radius 2 is 1.90 bits per heavy atom. The van der Waals surface area contributed by atoms with E-state index in [1.54, 1.807) is 0 Å². The average molecular weight is 408 g/mol. The second kappa shape index (κ2) is 8.63. The molecule has 0 spiro atoms. The molecular weight excluding hydrogens is 393 g/mol. The van der Waals surface area contributed by atoms with Gasteiger partial charge in [-0.15, -0.1) is 0 Å². The molecule has 0 saturated carbocycles. The van der Waals surface area contributed by atoms with Gasteiger partial charge in [-0.3, -0.25) is 4.79 Å². The summed E-state index contributed by atoms with van der Waals surface area (Å²) in [6.07, 6.45) is 0. The van der Waals surface area contributed by atoms with Crippen molar-refractivity contribution in [1.82, 2.24) is 10.1 Å². The van der Waals surface area contributed by atoms with E-state index in [2.05, 4.69) is 14.9 Å². The van der Waals surface area contributed by atoms with Crippen LogP contribution < -0.4 is 14.2 Å². The van der Waals surface area contributed by atoms with Crippen LogP contribution in [0.2, 0.25) is 0 Å². The molecule has 0 atom stereocenters. The first-order valence-electron chi connectivity index (χ1n) is 8.26. The van der Waals surface area contributed by atoms with Crippen LogP contribution >= 0.6 is 0 Å². The molecule has 7 nitrogen and oxygen atoms in total. The van der Waals surface area contributed by atoms with Crippen LogP contribution in [0.1, 0.15) is 23.2 Å². The topological polar surface area (TPSA) is 83.7 Å². The minimum atomic E-state index is -2.99. The van der Waals surface area contributed by atoms with Crippen molar-refractivity contribution in [2.45, 2.75) is 20.1 Å². The highest BCUT2D eigenvalue weighted by molar-refractivity contribution is 5.96. The molecule has 3 aromatic rings. The van der Waals surface area contributed by atoms with Crippen LogP contribution in [0, 0.1) is 5.82 Å². The minimum Gasteiger partial charge on any atom is -0.493 e. The molecule has 29 heavy (non-hydrogen) atoms. The Kier molecular flexibility index (Phi) is 6.01. The molecule has 0 N–H and O–H groups in total. The number of carbonyl (C=O) groups excluding carboxylic acids is 1. The molecular formula is C19H15F3N2O5. The number of hydrogen-bond acceptors (Lipinski definition) is 7. The van der Waals surface area contributed by atoms with Crippen LogP contribution in [0.25, 0.3) is 11.4 Å². The lowest BCUT2D eigenvalue weighted by Gasteiger charge is -2.10. The third-order valence-corrected chi connectivity index (χ3v) is 3.78. The Morgan fingerprint density at radius 3 is 2.59 bits per heavy atom. The van der Waals surface area contributed by atoms with Gasteiger partial charge in [0, 0.05) is 5.56 Å². The van der Waals surface area contributed by atoms with E-state index in [-0.39, 0.29) is 46.9 Å². The number of benzene rings is 2. The van der Waals surface area contributed by atoms with E-state index in [4.69, 9.17) is 14.0 Å². The third-order valence-electron chi connectivity index (χ3n) is 3.78. The second-order valence-electron chi connectivity index (χ2n) is 5.74. The molecule has 1 aromatic heterocycles. The van der Waals surface area contributed by atoms with Crippen LogP contribution in [0.15, 0.2) is 40.9 Å². The predicted octanol–water partition coefficient (Wildman–Crippen LogP) is 4.27. The van der Waals surface area contributed by atoms with Crippen molar-refractivity contribution >= 4 is 5.78 Å². The summed E-state index contributed by atoms with van der Waals surface area (Å²) < 4.78 is 58.1. The van der Waals surface area contributed by atoms with Crippen molar-refractivity contribution in [1.29, 1.82) is 0 Å². The Morgan fingerprint density at radius 1 is 1.14 bits per heavy atom. The summed E-state index contributed by atoms with van der Waals surface area (Å²) >= 11 is 0. The Bertz CT molecular complexity index is 1020. The maximum absolute atomic E-state index is 13.3. The zero-order valence-electron chi connectivity index (χ0n) is 15.3. The van der Waals surface area contributed by atoms with Crippen molar-refractivity contribution in [3.8, 4) is 28.6 Å². The van der Waals surface area contributed by atoms with Crippen LogP contribution in [0.3, 0.4) is 0 Å². The van der Waals surface area contributed by atoms with E-state index in [0.29, 0.717) is 5.56 Å². The quantitative estimate of drug-likeness (QED) is 0.515. The number of Topliss-reactive ketones (excluding diaryl/α,β-unsaturated/α-hetero) is 1. The van der Waals surface area contributed by atoms with Gasteiger partial charge in [0.1, 0.15) is 11.6 Å². The fourth-order valence-corrected chi connectivity index (χ4v) is 2.47. The molecule has 0 amide bonds. The third kappa shape index (κ3) is 4.84. The smallest absolute Gasteiger partial charge is 0.387 e. The molecule has 0 radical (unpaired) electrons. The molecule has 1 heterocycles. The first kappa shape index (κ1) is 20.2. The van der Waals surface area contributed by atoms with E-state index >= 15 is 0 Å². The zero-order valence-corrected chi connectivity index (χ0v) is 15.3. The molecule has 0 aliphatic heterocycles. The summed E-state index contributed by atoms with van der Waals surface area (Å²) in [5.74, 6) is -0.551. The highest BCUT2D eigenvalue weighted by Gasteiger charge is 2.16. The molecule has 3 rings (SSSR count). The number of alkyl halides is 2. The van der Waals surface area contributed by atoms with Gasteiger partial charge in [-0.1, -0.05) is 5.16 Å². The van der Waals surface area contributed by atoms with E-state index in [0.717, 1.165) is 12.1 Å². The van der Waals surface area contributed by atoms with Crippen molar-refractivity contribution in [3.63, 3.8) is 0 Å². The number of methoxy groups -OCH3 is 1. The van der Waals surface area contributed by atoms with Crippen LogP contribution in [-0.4, -0.2) is 29.6 Å². The molecule has 0 bridgehead atoms. The summed E-state index contributed by atoms with van der Waals surface area (Å²) in [6, 6.07) is 7.74. The predicted molar refractivity (Wildman–Crippen MR) is 93.7 cm³/mol. The largest absolute Gasteiger partial charge is 0.493 e. The standard InChI is InChI=1S/C19H15F3N2O5/c1-10(25)13-8-12(20)4-6-14(13)27-9-17-23-18(24-29-17)11-3-5-15(28-19(21)22)16(7-11)26-2/h3-8,19H,9H2,1-2H3. The molecule has 152 valence electrons. The van der Waals surface area contributed by atoms with E-state index in [1.165, 1.54) is 38.3 Å². The van der Waals surface area contributed by atoms with Gasteiger partial charge in [0.15, 0.2) is 23.9 Å². The summed E-state index contributed by atoms with van der Waals surface area (Å²) in [6.45, 7) is -1.86. The number of nitrogens with zero attached hydrogens (tertiary/aromatic N) is 2. The van der Waals surface area contributed by atoms with Gasteiger partial charge in [0.25, 0.3) is 5.89 Å². The van der Waals surface area contributed by atoms with Crippen LogP contribution in [-0.2, 0) is 6.61 Å². The summed E-state index contributed by atoms with van der Waals surface area (Å²) in [5.41, 5.74) is 0.522. The van der Waals surface area contributed by atoms with Crippen molar-refractivity contribution < 1.29 is 36.7 Å². The first-order valence-corrected chi connectivity index (χ1v) is 8.26. The SMILES string of the molecule is COc1cc(-c2noc(COc3ccc(F)cc3C(C)=O)n2)ccc1OC(F)F. The fraction of sp³-hybridized carbons (Fsp3) is 0.211. The Balaban J connectivity index is 1.76. The monoisotopic (exact) mass is 408 g/mol. The maximum Gasteiger partial charge on any atom is 0.387 e. The summed E-state index contributed by atoms with van der Waals surface area (Å²) in [5, 5.41) is 3.80. The molecule has 2 aromatic carbocycles. The van der Waals surface area contributed by atoms with Gasteiger partial charge in [0.2, 0.25) is 5.82 Å². The van der Waals surface area contributed by atoms with Crippen LogP contribution in [0.5, 0.6) is 17.2 Å². The summed E-state index contributed by atoms with van der Waals surface area (Å²) in [7, 11) is 1.31. The number of rotatable bonds is 8. The number of halogens is 3. The van der Waals surface area contributed by atoms with E-state index in [1.807, 2.05) is 0 Å². The lowest BCUT2D eigenvalue weighted by Crippen LogP contribution is -2.03. The van der Waals surface area contributed by atoms with Gasteiger partial charge in [-0.25, -0.2) is 4.39 Å². The first-order chi connectivity index (χ1) is 13.9. The van der Waals surface area contributed by atoms with E-state index in [9.17, 15) is 18.0 Å². The molecule has 0 fully saturated rings. The Labute approximate surface area is 163 Å². The molecule has 0 unspecified atom stereocenters. The molecule has 0 saturated heterocycles. The second-order valence-corrected chi connectivity index (χ2v) is 5.74. The van der Waals surface area contributed by atoms with Gasteiger partial charge >= 0.3 is 6.61 Å². The van der Waals surface area contributed by atoms with Crippen molar-refractivity contribution in [2.24, 2.45) is 0 Å². The number of ether oxygens (including phenoxy) is 3. The number of ketones is 1. The normalized spacial score (nSPS) is 10.8. The molecule has 0 aliphatic rings. The van der Waals surface area contributed by atoms with Gasteiger partial charge in [-0.2, -0.15) is 13.8 Å². The van der Waals surface area contributed by atoms with Crippen molar-refractivity contribution in [3.05, 3.63) is 53.7 Å². The van der Waals surface area contributed by atoms with Crippen molar-refractivity contribution in [2.75, 3.05) is 7.11 Å². The number of carbonyl (C=O) groups is 1. The molecule has 10 heteroatoms. The fourth-order valence-electron chi connectivity index (χ4n) is 2.47. The number of aromatic nitrogens is 2. The van der Waals surface area contributed by atoms with E-state index < -0.39 is 12.4 Å². The van der Waals surface area contributed by atoms with Gasteiger partial charge < -0.3 is 18.7 Å². The Hall–Kier alpha value is -3.56. The number of hydrogen-bond donors (Lipinski definition) is 0. The minimum absolute atomic E-state index is 0.0720. The van der Waals surface area contributed by atoms with Crippen LogP contribution in [0.4, 0.5) is 13.2 Å². The van der Waals surface area contributed by atoms with Gasteiger partial charge in [0.05, 0.1) is 12.7 Å². The highest BCUT2D eigenvalue weighted by Crippen LogP contribution is 2.32. The molecule has 0 aliphatic carbocycles. The maximum atomic E-state index is 13.3. The summed E-state index contributed by atoms with van der Waals surface area (Å²) in [4.78, 5) is 15.8. The zero-order chi connectivity index (χ0) is 21.0. The lowest BCUT2D eigenvalue weighted by molar-refractivity contribution is -0.0512. The highest BCUT2D eigenvalue weighted by atomic mass is 19.3. The van der Waals surface area contributed by atoms with Gasteiger partial charge in [-0.05, 0) is 43.3 Å². The average Bonchev–Trinajstić information content (AvgIpc) is 3.15. The lowest BCUT2D eigenvalue weighted by atomic mass is 10.1.